The fourth-order valence-electron chi connectivity index (χ4n) is 2.61. The van der Waals surface area contributed by atoms with Crippen molar-refractivity contribution in [2.75, 3.05) is 27.2 Å². The molecule has 118 valence electrons. The number of hydrogen-bond donors (Lipinski definition) is 1. The van der Waals surface area contributed by atoms with E-state index in [0.29, 0.717) is 18.5 Å². The van der Waals surface area contributed by atoms with Crippen LogP contribution in [0, 0.1) is 12.7 Å². The Morgan fingerprint density at radius 1 is 1.43 bits per heavy atom. The summed E-state index contributed by atoms with van der Waals surface area (Å²) < 4.78 is 40.2. The third kappa shape index (κ3) is 3.42. The summed E-state index contributed by atoms with van der Waals surface area (Å²) >= 11 is 0. The second-order valence-corrected chi connectivity index (χ2v) is 7.68. The minimum Gasteiger partial charge on any atom is -0.392 e. The lowest BCUT2D eigenvalue weighted by Crippen LogP contribution is -2.41. The van der Waals surface area contributed by atoms with E-state index in [0.717, 1.165) is 6.07 Å². The minimum absolute atomic E-state index is 0.0519. The lowest BCUT2D eigenvalue weighted by atomic mass is 10.2. The Bertz CT molecular complexity index is 619. The van der Waals surface area contributed by atoms with Gasteiger partial charge in [0.15, 0.2) is 0 Å². The Hall–Kier alpha value is -1.02. The van der Waals surface area contributed by atoms with Crippen LogP contribution < -0.4 is 0 Å². The van der Waals surface area contributed by atoms with Crippen molar-refractivity contribution in [1.29, 1.82) is 0 Å². The molecule has 2 unspecified atom stereocenters. The van der Waals surface area contributed by atoms with E-state index in [-0.39, 0.29) is 17.5 Å². The molecule has 0 aromatic heterocycles. The summed E-state index contributed by atoms with van der Waals surface area (Å²) in [6, 6.07) is 3.60. The van der Waals surface area contributed by atoms with Gasteiger partial charge in [-0.15, -0.1) is 0 Å². The molecule has 0 bridgehead atoms. The number of benzene rings is 1. The van der Waals surface area contributed by atoms with Crippen LogP contribution in [0.2, 0.25) is 0 Å². The van der Waals surface area contributed by atoms with Gasteiger partial charge in [-0.05, 0) is 45.1 Å². The van der Waals surface area contributed by atoms with Gasteiger partial charge in [0.05, 0.1) is 11.0 Å². The van der Waals surface area contributed by atoms with Crippen LogP contribution in [-0.4, -0.2) is 62.1 Å². The van der Waals surface area contributed by atoms with E-state index in [4.69, 9.17) is 0 Å². The van der Waals surface area contributed by atoms with Crippen molar-refractivity contribution in [3.05, 3.63) is 29.6 Å². The standard InChI is InChI=1S/C14H21FN2O3S/c1-10-4-5-13(7-14(10)15)21(19,20)17-9-12(18)6-11(17)8-16(2)3/h4-5,7,11-12,18H,6,8-9H2,1-3H3. The van der Waals surface area contributed by atoms with Crippen LogP contribution in [0.15, 0.2) is 23.1 Å². The third-order valence-corrected chi connectivity index (χ3v) is 5.58. The molecule has 0 saturated carbocycles. The molecule has 21 heavy (non-hydrogen) atoms. The zero-order valence-corrected chi connectivity index (χ0v) is 13.3. The van der Waals surface area contributed by atoms with Crippen molar-refractivity contribution >= 4 is 10.0 Å². The number of halogens is 1. The number of nitrogens with zero attached hydrogens (tertiary/aromatic N) is 2. The number of aryl methyl sites for hydroxylation is 1. The molecule has 0 aliphatic carbocycles. The van der Waals surface area contributed by atoms with Crippen molar-refractivity contribution in [3.8, 4) is 0 Å². The normalized spacial score (nSPS) is 23.9. The molecule has 1 heterocycles. The summed E-state index contributed by atoms with van der Waals surface area (Å²) in [4.78, 5) is 1.81. The summed E-state index contributed by atoms with van der Waals surface area (Å²) in [6.07, 6.45) is -0.286. The van der Waals surface area contributed by atoms with Crippen LogP contribution >= 0.6 is 0 Å². The Labute approximate surface area is 125 Å². The maximum atomic E-state index is 13.6. The highest BCUT2D eigenvalue weighted by Crippen LogP contribution is 2.27. The van der Waals surface area contributed by atoms with Crippen LogP contribution in [0.25, 0.3) is 0 Å². The van der Waals surface area contributed by atoms with Gasteiger partial charge in [0.1, 0.15) is 5.82 Å². The molecule has 5 nitrogen and oxygen atoms in total. The molecule has 0 amide bonds. The van der Waals surface area contributed by atoms with Crippen molar-refractivity contribution in [3.63, 3.8) is 0 Å². The van der Waals surface area contributed by atoms with Crippen molar-refractivity contribution in [1.82, 2.24) is 9.21 Å². The largest absolute Gasteiger partial charge is 0.392 e. The highest BCUT2D eigenvalue weighted by Gasteiger charge is 2.39. The number of sulfonamides is 1. The van der Waals surface area contributed by atoms with Gasteiger partial charge in [0.25, 0.3) is 0 Å². The first-order valence-electron chi connectivity index (χ1n) is 6.82. The summed E-state index contributed by atoms with van der Waals surface area (Å²) in [5.41, 5.74) is 0.403. The Balaban J connectivity index is 2.34. The van der Waals surface area contributed by atoms with Gasteiger partial charge in [-0.3, -0.25) is 0 Å². The van der Waals surface area contributed by atoms with Crippen LogP contribution in [0.4, 0.5) is 4.39 Å². The fourth-order valence-corrected chi connectivity index (χ4v) is 4.29. The van der Waals surface area contributed by atoms with Gasteiger partial charge >= 0.3 is 0 Å². The number of aliphatic hydroxyl groups excluding tert-OH is 1. The van der Waals surface area contributed by atoms with Crippen molar-refractivity contribution in [2.45, 2.75) is 30.4 Å². The molecular weight excluding hydrogens is 295 g/mol. The molecule has 0 spiro atoms. The highest BCUT2D eigenvalue weighted by atomic mass is 32.2. The predicted octanol–water partition coefficient (Wildman–Crippen LogP) is 0.820. The fraction of sp³-hybridized carbons (Fsp3) is 0.571. The maximum absolute atomic E-state index is 13.6. The second-order valence-electron chi connectivity index (χ2n) is 5.79. The topological polar surface area (TPSA) is 60.9 Å². The van der Waals surface area contributed by atoms with Crippen molar-refractivity contribution < 1.29 is 17.9 Å². The van der Waals surface area contributed by atoms with E-state index in [1.807, 2.05) is 19.0 Å². The Kier molecular flexibility index (Phi) is 4.67. The van der Waals surface area contributed by atoms with Gasteiger partial charge in [0, 0.05) is 19.1 Å². The zero-order valence-electron chi connectivity index (χ0n) is 12.5. The Morgan fingerprint density at radius 3 is 2.67 bits per heavy atom. The van der Waals surface area contributed by atoms with E-state index in [1.165, 1.54) is 16.4 Å². The molecule has 1 N–H and O–H groups in total. The van der Waals surface area contributed by atoms with Gasteiger partial charge in [-0.1, -0.05) is 6.07 Å². The van der Waals surface area contributed by atoms with Crippen LogP contribution in [-0.2, 0) is 10.0 Å². The average Bonchev–Trinajstić information content (AvgIpc) is 2.73. The molecule has 7 heteroatoms. The van der Waals surface area contributed by atoms with Gasteiger partial charge in [-0.2, -0.15) is 4.31 Å². The van der Waals surface area contributed by atoms with Crippen LogP contribution in [0.5, 0.6) is 0 Å². The number of rotatable bonds is 4. The van der Waals surface area contributed by atoms with Crippen LogP contribution in [0.3, 0.4) is 0 Å². The predicted molar refractivity (Wildman–Crippen MR) is 78.0 cm³/mol. The molecule has 1 aromatic carbocycles. The third-order valence-electron chi connectivity index (χ3n) is 3.67. The molecule has 1 saturated heterocycles. The van der Waals surface area contributed by atoms with Crippen molar-refractivity contribution in [2.24, 2.45) is 0 Å². The highest BCUT2D eigenvalue weighted by molar-refractivity contribution is 7.89. The number of aliphatic hydroxyl groups is 1. The van der Waals surface area contributed by atoms with E-state index >= 15 is 0 Å². The SMILES string of the molecule is Cc1ccc(S(=O)(=O)N2CC(O)CC2CN(C)C)cc1F. The molecule has 1 aromatic rings. The Morgan fingerprint density at radius 2 is 2.10 bits per heavy atom. The first-order valence-corrected chi connectivity index (χ1v) is 8.26. The average molecular weight is 316 g/mol. The number of hydrogen-bond acceptors (Lipinski definition) is 4. The molecule has 1 aliphatic rings. The molecular formula is C14H21FN2O3S. The maximum Gasteiger partial charge on any atom is 0.243 e. The lowest BCUT2D eigenvalue weighted by molar-refractivity contribution is 0.188. The summed E-state index contributed by atoms with van der Waals surface area (Å²) in [7, 11) is -0.102. The van der Waals surface area contributed by atoms with E-state index in [2.05, 4.69) is 0 Å². The molecule has 1 fully saturated rings. The quantitative estimate of drug-likeness (QED) is 0.893. The molecule has 2 rings (SSSR count). The molecule has 0 radical (unpaired) electrons. The molecule has 1 aliphatic heterocycles. The minimum atomic E-state index is -3.80. The summed E-state index contributed by atoms with van der Waals surface area (Å²) in [5, 5.41) is 9.79. The first-order chi connectivity index (χ1) is 9.71. The second kappa shape index (κ2) is 6.00. The number of β-amino-alcohol motifs (C(OH)–C–C–N with tert-alkyl or cyclic N) is 1. The summed E-state index contributed by atoms with van der Waals surface area (Å²) in [6.45, 7) is 2.15. The zero-order chi connectivity index (χ0) is 15.8. The van der Waals surface area contributed by atoms with Crippen LogP contribution in [0.1, 0.15) is 12.0 Å². The number of likely N-dealkylation sites (N-methyl/N-ethyl adjacent to an activating group) is 1. The monoisotopic (exact) mass is 316 g/mol. The van der Waals surface area contributed by atoms with E-state index in [9.17, 15) is 17.9 Å². The molecule has 2 atom stereocenters. The van der Waals surface area contributed by atoms with Gasteiger partial charge in [-0.25, -0.2) is 12.8 Å². The summed E-state index contributed by atoms with van der Waals surface area (Å²) in [5.74, 6) is -0.542. The van der Waals surface area contributed by atoms with E-state index in [1.54, 1.807) is 6.92 Å². The van der Waals surface area contributed by atoms with Gasteiger partial charge in [0.2, 0.25) is 10.0 Å². The lowest BCUT2D eigenvalue weighted by Gasteiger charge is -2.26. The van der Waals surface area contributed by atoms with E-state index < -0.39 is 21.9 Å². The first kappa shape index (κ1) is 16.4. The smallest absolute Gasteiger partial charge is 0.243 e. The van der Waals surface area contributed by atoms with Gasteiger partial charge < -0.3 is 10.0 Å².